The average molecular weight is 777 g/mol. The van der Waals surface area contributed by atoms with E-state index in [0.29, 0.717) is 6.54 Å². The van der Waals surface area contributed by atoms with Gasteiger partial charge in [0.15, 0.2) is 0 Å². The molecule has 0 fully saturated rings. The molecule has 2 unspecified atom stereocenters. The van der Waals surface area contributed by atoms with Crippen molar-refractivity contribution >= 4 is 41.1 Å². The van der Waals surface area contributed by atoms with Gasteiger partial charge in [0, 0.05) is 34.0 Å². The summed E-state index contributed by atoms with van der Waals surface area (Å²) in [5.41, 5.74) is 30.8. The molecule has 6 rings (SSSR count). The Morgan fingerprint density at radius 2 is 1.66 bits per heavy atom. The van der Waals surface area contributed by atoms with Gasteiger partial charge in [-0.1, -0.05) is 143 Å². The Labute approximate surface area is 353 Å². The van der Waals surface area contributed by atoms with Crippen LogP contribution in [0.4, 0.5) is 0 Å². The van der Waals surface area contributed by atoms with Gasteiger partial charge in [0.1, 0.15) is 0 Å². The van der Waals surface area contributed by atoms with Gasteiger partial charge in [-0.05, 0) is 133 Å². The van der Waals surface area contributed by atoms with Crippen molar-refractivity contribution in [2.75, 3.05) is 6.54 Å². The van der Waals surface area contributed by atoms with Crippen LogP contribution < -0.4 is 11.5 Å². The van der Waals surface area contributed by atoms with Crippen LogP contribution in [0.15, 0.2) is 190 Å². The number of aryl methyl sites for hydroxylation is 1. The molecule has 0 amide bonds. The van der Waals surface area contributed by atoms with Crippen LogP contribution in [-0.2, 0) is 0 Å². The Balaban J connectivity index is 0.00000326. The number of hydrogen-bond donors (Lipinski definition) is 2. The molecule has 0 aromatic heterocycles. The van der Waals surface area contributed by atoms with E-state index in [1.54, 1.807) is 0 Å². The summed E-state index contributed by atoms with van der Waals surface area (Å²) < 4.78 is 0. The van der Waals surface area contributed by atoms with Gasteiger partial charge in [0.25, 0.3) is 0 Å². The number of nitrogens with two attached hydrogens (primary N) is 2. The Morgan fingerprint density at radius 1 is 0.949 bits per heavy atom. The van der Waals surface area contributed by atoms with Gasteiger partial charge >= 0.3 is 0 Å². The lowest BCUT2D eigenvalue weighted by molar-refractivity contribution is 0.564. The van der Waals surface area contributed by atoms with E-state index in [4.69, 9.17) is 16.5 Å². The molecule has 4 N–H and O–H groups in total. The van der Waals surface area contributed by atoms with E-state index in [-0.39, 0.29) is 11.8 Å². The normalized spacial score (nSPS) is 15.8. The van der Waals surface area contributed by atoms with Crippen LogP contribution in [0.5, 0.6) is 0 Å². The van der Waals surface area contributed by atoms with Crippen LogP contribution in [0.25, 0.3) is 28.6 Å². The Bertz CT molecular complexity index is 2490. The number of allylic oxidation sites excluding steroid dienone is 11. The van der Waals surface area contributed by atoms with Gasteiger partial charge in [-0.2, -0.15) is 0 Å². The van der Waals surface area contributed by atoms with Crippen LogP contribution in [-0.4, -0.2) is 19.0 Å². The smallest absolute Gasteiger partial charge is 0.0748 e. The molecule has 2 atom stereocenters. The summed E-state index contributed by atoms with van der Waals surface area (Å²) in [5, 5.41) is 2.46. The first-order valence-corrected chi connectivity index (χ1v) is 20.9. The molecule has 2 aliphatic rings. The van der Waals surface area contributed by atoms with Gasteiger partial charge in [0.05, 0.1) is 18.0 Å². The molecule has 0 saturated heterocycles. The fourth-order valence-corrected chi connectivity index (χ4v) is 7.82. The number of aliphatic imine (C=N–C) groups is 2. The second-order valence-electron chi connectivity index (χ2n) is 14.6. The fraction of sp³-hybridized carbons (Fsp3) is 0.218. The minimum atomic E-state index is 0.00126. The first-order valence-electron chi connectivity index (χ1n) is 20.9. The summed E-state index contributed by atoms with van der Waals surface area (Å²) in [5.74, 6) is 0.132. The van der Waals surface area contributed by atoms with Gasteiger partial charge in [-0.3, -0.25) is 9.98 Å². The standard InChI is InChI=1S/C53H54N4.C2H6/c1-7-10-27-50(54)43-30-31-51(55)42(33-43)29-28-39(9-3)48(49-34-41-22-18-26-45(41)46-24-16-17-25-47(46)49)32-38(8-2)35-57-52(40-20-12-11-13-21-40)37(5)53(56-6)44-23-15-14-19-36(44)4;1-2/h7-8,10-17,19-29,32-34,39,48H,2,6,9,30-31,35,54-55H2,1,3-5H3;1-2H3/b10-7-,29-28-,38-32+,50-27-,53-37-,57-52?;. The van der Waals surface area contributed by atoms with Crippen LogP contribution in [0.2, 0.25) is 0 Å². The van der Waals surface area contributed by atoms with Crippen molar-refractivity contribution in [2.45, 2.75) is 66.7 Å². The number of rotatable bonds is 15. The van der Waals surface area contributed by atoms with Crippen molar-refractivity contribution in [3.8, 4) is 0 Å². The molecule has 4 nitrogen and oxygen atoms in total. The van der Waals surface area contributed by atoms with E-state index in [2.05, 4.69) is 136 Å². The number of benzene rings is 4. The molecule has 300 valence electrons. The zero-order valence-corrected chi connectivity index (χ0v) is 35.8. The maximum Gasteiger partial charge on any atom is 0.0748 e. The maximum atomic E-state index is 6.65. The lowest BCUT2D eigenvalue weighted by Crippen LogP contribution is -2.13. The van der Waals surface area contributed by atoms with Crippen molar-refractivity contribution in [1.82, 2.24) is 0 Å². The van der Waals surface area contributed by atoms with Crippen LogP contribution in [0, 0.1) is 12.8 Å². The van der Waals surface area contributed by atoms with Crippen molar-refractivity contribution < 1.29 is 0 Å². The third-order valence-corrected chi connectivity index (χ3v) is 11.0. The van der Waals surface area contributed by atoms with Gasteiger partial charge < -0.3 is 11.5 Å². The summed E-state index contributed by atoms with van der Waals surface area (Å²) in [6.45, 7) is 21.2. The molecule has 4 aromatic rings. The molecular formula is C55H60N4. The minimum absolute atomic E-state index is 0.00126. The van der Waals surface area contributed by atoms with Gasteiger partial charge in [-0.25, -0.2) is 0 Å². The molecule has 4 heteroatoms. The van der Waals surface area contributed by atoms with E-state index < -0.39 is 0 Å². The van der Waals surface area contributed by atoms with Crippen molar-refractivity contribution in [2.24, 2.45) is 27.4 Å². The molecule has 4 aromatic carbocycles. The highest BCUT2D eigenvalue weighted by Gasteiger charge is 2.24. The molecule has 0 heterocycles. The molecular weight excluding hydrogens is 717 g/mol. The molecule has 2 aliphatic carbocycles. The number of hydrogen-bond acceptors (Lipinski definition) is 4. The predicted molar refractivity (Wildman–Crippen MR) is 258 cm³/mol. The maximum absolute atomic E-state index is 6.65. The van der Waals surface area contributed by atoms with Gasteiger partial charge in [-0.15, -0.1) is 5.73 Å². The highest BCUT2D eigenvalue weighted by atomic mass is 14.8. The monoisotopic (exact) mass is 776 g/mol. The largest absolute Gasteiger partial charge is 0.402 e. The summed E-state index contributed by atoms with van der Waals surface area (Å²) in [7, 11) is 0. The number of fused-ring (bicyclic) bond motifs is 3. The summed E-state index contributed by atoms with van der Waals surface area (Å²) >= 11 is 0. The molecule has 0 bridgehead atoms. The Morgan fingerprint density at radius 3 is 2.36 bits per heavy atom. The minimum Gasteiger partial charge on any atom is -0.402 e. The van der Waals surface area contributed by atoms with E-state index in [1.165, 1.54) is 27.5 Å². The van der Waals surface area contributed by atoms with Crippen LogP contribution >= 0.6 is 0 Å². The second kappa shape index (κ2) is 21.3. The number of nitrogens with zero attached hydrogens (tertiary/aromatic N) is 2. The van der Waals surface area contributed by atoms with E-state index in [0.717, 1.165) is 81.0 Å². The summed E-state index contributed by atoms with van der Waals surface area (Å²) in [4.78, 5) is 9.91. The summed E-state index contributed by atoms with van der Waals surface area (Å²) in [6, 6.07) is 29.7. The van der Waals surface area contributed by atoms with Crippen molar-refractivity contribution in [1.29, 1.82) is 0 Å². The van der Waals surface area contributed by atoms with Gasteiger partial charge in [0.2, 0.25) is 0 Å². The zero-order valence-electron chi connectivity index (χ0n) is 35.8. The molecule has 0 spiro atoms. The molecule has 0 saturated carbocycles. The SMILES string of the molecule is C=C/C(=C\C(c1cc2c(c3ccccc13)C=C=C2)C(/C=C\C1=C(N)CCC(/C(N)=C/C=C\C)=C1)CC)CN=C(/C(C)=C(\N=C)c1ccccc1C)c1ccccc1.CC. The van der Waals surface area contributed by atoms with Crippen LogP contribution in [0.3, 0.4) is 0 Å². The lowest BCUT2D eigenvalue weighted by Gasteiger charge is -2.25. The third kappa shape index (κ3) is 10.3. The van der Waals surface area contributed by atoms with E-state index in [9.17, 15) is 0 Å². The quantitative estimate of drug-likeness (QED) is 0.0631. The fourth-order valence-electron chi connectivity index (χ4n) is 7.82. The Hall–Kier alpha value is -6.48. The third-order valence-electron chi connectivity index (χ3n) is 11.0. The van der Waals surface area contributed by atoms with Crippen molar-refractivity contribution in [3.63, 3.8) is 0 Å². The lowest BCUT2D eigenvalue weighted by atomic mass is 9.79. The van der Waals surface area contributed by atoms with Crippen LogP contribution in [0.1, 0.15) is 93.2 Å². The first-order chi connectivity index (χ1) is 28.8. The summed E-state index contributed by atoms with van der Waals surface area (Å²) in [6.07, 6.45) is 23.6. The van der Waals surface area contributed by atoms with E-state index >= 15 is 0 Å². The average Bonchev–Trinajstić information content (AvgIpc) is 3.76. The molecule has 0 aliphatic heterocycles. The molecule has 59 heavy (non-hydrogen) atoms. The van der Waals surface area contributed by atoms with Crippen molar-refractivity contribution in [3.05, 3.63) is 213 Å². The highest BCUT2D eigenvalue weighted by Crippen LogP contribution is 2.40. The predicted octanol–water partition coefficient (Wildman–Crippen LogP) is 13.6. The van der Waals surface area contributed by atoms with E-state index in [1.807, 2.05) is 75.4 Å². The second-order valence-corrected chi connectivity index (χ2v) is 14.6. The first kappa shape index (κ1) is 43.6. The Kier molecular flexibility index (Phi) is 15.8. The topological polar surface area (TPSA) is 76.8 Å². The highest BCUT2D eigenvalue weighted by molar-refractivity contribution is 6.16. The molecule has 0 radical (unpaired) electrons. The zero-order chi connectivity index (χ0) is 42.3.